The Kier molecular flexibility index (Phi) is 6.98. The molecule has 0 N–H and O–H groups in total. The van der Waals surface area contributed by atoms with Crippen LogP contribution in [0.5, 0.6) is 0 Å². The van der Waals surface area contributed by atoms with Crippen LogP contribution in [0.3, 0.4) is 0 Å². The van der Waals surface area contributed by atoms with E-state index < -0.39 is 11.7 Å². The van der Waals surface area contributed by atoms with E-state index >= 15 is 0 Å². The highest BCUT2D eigenvalue weighted by molar-refractivity contribution is 7.22. The third-order valence-electron chi connectivity index (χ3n) is 6.85. The minimum atomic E-state index is -0.726. The Labute approximate surface area is 247 Å². The highest BCUT2D eigenvalue weighted by atomic mass is 35.5. The molecular weight excluding hydrogens is 552 g/mol. The Bertz CT molecular complexity index is 1920. The molecule has 41 heavy (non-hydrogen) atoms. The fourth-order valence-electron chi connectivity index (χ4n) is 5.10. The van der Waals surface area contributed by atoms with E-state index in [4.69, 9.17) is 21.3 Å². The summed E-state index contributed by atoms with van der Waals surface area (Å²) in [7, 11) is 0. The molecule has 0 saturated heterocycles. The number of hydrogen-bond acceptors (Lipinski definition) is 6. The van der Waals surface area contributed by atoms with Crippen LogP contribution in [0.4, 0.5) is 0 Å². The van der Waals surface area contributed by atoms with Crippen LogP contribution in [0.2, 0.25) is 5.02 Å². The number of ether oxygens (including phenoxy) is 1. The molecule has 0 aliphatic rings. The lowest BCUT2D eigenvalue weighted by Crippen LogP contribution is -2.27. The number of benzene rings is 3. The Morgan fingerprint density at radius 2 is 1.78 bits per heavy atom. The van der Waals surface area contributed by atoms with Gasteiger partial charge >= 0.3 is 0 Å². The van der Waals surface area contributed by atoms with E-state index in [0.717, 1.165) is 53.9 Å². The molecule has 6 nitrogen and oxygen atoms in total. The second kappa shape index (κ2) is 10.5. The van der Waals surface area contributed by atoms with E-state index in [9.17, 15) is 4.79 Å². The fourth-order valence-corrected chi connectivity index (χ4v) is 6.34. The number of carbonyl (C=O) groups excluding carboxylic acids is 1. The zero-order valence-corrected chi connectivity index (χ0v) is 25.0. The first kappa shape index (κ1) is 27.3. The molecule has 6 rings (SSSR count). The van der Waals surface area contributed by atoms with Crippen molar-refractivity contribution in [1.29, 1.82) is 0 Å². The summed E-state index contributed by atoms with van der Waals surface area (Å²) in [5.74, 6) is 0.667. The Morgan fingerprint density at radius 1 is 1.02 bits per heavy atom. The van der Waals surface area contributed by atoms with Crippen molar-refractivity contribution in [2.24, 2.45) is 0 Å². The summed E-state index contributed by atoms with van der Waals surface area (Å²) in [5, 5.41) is 7.12. The van der Waals surface area contributed by atoms with Crippen molar-refractivity contribution in [1.82, 2.24) is 19.7 Å². The zero-order chi connectivity index (χ0) is 28.9. The minimum Gasteiger partial charge on any atom is -0.360 e. The predicted octanol–water partition coefficient (Wildman–Crippen LogP) is 8.77. The van der Waals surface area contributed by atoms with Gasteiger partial charge in [-0.15, -0.1) is 11.3 Å². The van der Waals surface area contributed by atoms with Crippen LogP contribution >= 0.6 is 22.9 Å². The Morgan fingerprint density at radius 3 is 2.51 bits per heavy atom. The number of ketones is 1. The molecule has 0 aliphatic heterocycles. The van der Waals surface area contributed by atoms with Crippen LogP contribution in [0, 0.1) is 6.92 Å². The minimum absolute atomic E-state index is 0.0486. The smallest absolute Gasteiger partial charge is 0.163 e. The van der Waals surface area contributed by atoms with Gasteiger partial charge in [-0.2, -0.15) is 5.10 Å². The molecule has 0 spiro atoms. The second-order valence-corrected chi connectivity index (χ2v) is 12.5. The summed E-state index contributed by atoms with van der Waals surface area (Å²) in [5.41, 5.74) is 5.97. The SMILES string of the molecule is CC(=O)[C@@H](OC(C)(C)C)c1c(C)cc2nc(-c3ccnc(-n4ncc5ccccc54)c3)sc2c1-c1ccc(Cl)cc1. The summed E-state index contributed by atoms with van der Waals surface area (Å²) < 4.78 is 9.20. The van der Waals surface area contributed by atoms with Crippen molar-refractivity contribution < 1.29 is 9.53 Å². The quantitative estimate of drug-likeness (QED) is 0.197. The molecule has 0 amide bonds. The molecule has 6 aromatic rings. The summed E-state index contributed by atoms with van der Waals surface area (Å²) in [6.07, 6.45) is 2.90. The van der Waals surface area contributed by atoms with Crippen LogP contribution < -0.4 is 0 Å². The number of halogens is 1. The van der Waals surface area contributed by atoms with Crippen LogP contribution in [0.25, 0.3) is 48.6 Å². The molecule has 0 aliphatic carbocycles. The van der Waals surface area contributed by atoms with Gasteiger partial charge in [-0.25, -0.2) is 14.6 Å². The number of carbonyl (C=O) groups is 1. The standard InChI is InChI=1S/C33H29ClN4O2S/c1-19-16-25-31(29(21-10-12-24(34)13-11-21)28(19)30(20(2)39)40-33(3,4)5)41-32(37-25)22-14-15-35-27(17-22)38-26-9-7-6-8-23(26)18-36-38/h6-18,30H,1-5H3/t30-/m1/s1. The molecular formula is C33H29ClN4O2S. The number of aryl methyl sites for hydroxylation is 1. The van der Waals surface area contributed by atoms with Crippen molar-refractivity contribution in [3.05, 3.63) is 95.3 Å². The molecule has 0 saturated carbocycles. The highest BCUT2D eigenvalue weighted by Crippen LogP contribution is 2.44. The molecule has 0 fully saturated rings. The van der Waals surface area contributed by atoms with E-state index in [0.29, 0.717) is 10.8 Å². The van der Waals surface area contributed by atoms with Crippen molar-refractivity contribution in [3.63, 3.8) is 0 Å². The molecule has 3 aromatic carbocycles. The molecule has 0 bridgehead atoms. The number of pyridine rings is 1. The molecule has 0 radical (unpaired) electrons. The number of hydrogen-bond donors (Lipinski definition) is 0. The lowest BCUT2D eigenvalue weighted by atomic mass is 9.90. The maximum atomic E-state index is 13.0. The predicted molar refractivity (Wildman–Crippen MR) is 167 cm³/mol. The maximum absolute atomic E-state index is 13.0. The molecule has 1 atom stereocenters. The second-order valence-electron chi connectivity index (χ2n) is 11.1. The number of fused-ring (bicyclic) bond motifs is 2. The third-order valence-corrected chi connectivity index (χ3v) is 8.24. The molecule has 0 unspecified atom stereocenters. The van der Waals surface area contributed by atoms with Crippen LogP contribution in [-0.2, 0) is 9.53 Å². The topological polar surface area (TPSA) is 69.9 Å². The first-order valence-corrected chi connectivity index (χ1v) is 14.6. The third kappa shape index (κ3) is 5.28. The molecule has 8 heteroatoms. The van der Waals surface area contributed by atoms with Gasteiger partial charge in [0.1, 0.15) is 11.1 Å². The number of aromatic nitrogens is 4. The van der Waals surface area contributed by atoms with Crippen LogP contribution in [0.15, 0.2) is 79.1 Å². The van der Waals surface area contributed by atoms with Gasteiger partial charge in [0.25, 0.3) is 0 Å². The Balaban J connectivity index is 1.55. The van der Waals surface area contributed by atoms with Gasteiger partial charge in [0.2, 0.25) is 0 Å². The number of Topliss-reactive ketones (excluding diaryl/α,β-unsaturated/α-hetero) is 1. The van der Waals surface area contributed by atoms with E-state index in [-0.39, 0.29) is 5.78 Å². The van der Waals surface area contributed by atoms with Crippen molar-refractivity contribution in [3.8, 4) is 27.5 Å². The summed E-state index contributed by atoms with van der Waals surface area (Å²) in [6.45, 7) is 9.50. The number of para-hydroxylation sites is 1. The van der Waals surface area contributed by atoms with Gasteiger partial charge in [0, 0.05) is 33.3 Å². The van der Waals surface area contributed by atoms with Gasteiger partial charge in [-0.1, -0.05) is 41.9 Å². The number of rotatable bonds is 6. The highest BCUT2D eigenvalue weighted by Gasteiger charge is 2.30. The van der Waals surface area contributed by atoms with Gasteiger partial charge < -0.3 is 4.74 Å². The van der Waals surface area contributed by atoms with Crippen molar-refractivity contribution in [2.75, 3.05) is 0 Å². The molecule has 3 heterocycles. The lowest BCUT2D eigenvalue weighted by Gasteiger charge is -2.29. The molecule has 206 valence electrons. The average molecular weight is 581 g/mol. The number of nitrogens with zero attached hydrogens (tertiary/aromatic N) is 4. The van der Waals surface area contributed by atoms with E-state index in [1.165, 1.54) is 0 Å². The van der Waals surface area contributed by atoms with Gasteiger partial charge in [0.15, 0.2) is 11.6 Å². The van der Waals surface area contributed by atoms with Crippen LogP contribution in [-0.4, -0.2) is 31.1 Å². The van der Waals surface area contributed by atoms with Gasteiger partial charge in [-0.05, 0) is 82.1 Å². The van der Waals surface area contributed by atoms with E-state index in [1.807, 2.05) is 99.2 Å². The normalized spacial score (nSPS) is 12.7. The van der Waals surface area contributed by atoms with Crippen molar-refractivity contribution in [2.45, 2.75) is 46.3 Å². The molecule has 3 aromatic heterocycles. The van der Waals surface area contributed by atoms with Gasteiger partial charge in [0.05, 0.1) is 27.5 Å². The van der Waals surface area contributed by atoms with Crippen LogP contribution in [0.1, 0.15) is 44.9 Å². The maximum Gasteiger partial charge on any atom is 0.163 e. The van der Waals surface area contributed by atoms with Crippen molar-refractivity contribution >= 4 is 49.8 Å². The zero-order valence-electron chi connectivity index (χ0n) is 23.5. The van der Waals surface area contributed by atoms with E-state index in [2.05, 4.69) is 16.1 Å². The van der Waals surface area contributed by atoms with Gasteiger partial charge in [-0.3, -0.25) is 4.79 Å². The average Bonchev–Trinajstić information content (AvgIpc) is 3.56. The first-order chi connectivity index (χ1) is 19.6. The Hall–Kier alpha value is -3.91. The fraction of sp³-hybridized carbons (Fsp3) is 0.212. The summed E-state index contributed by atoms with van der Waals surface area (Å²) in [4.78, 5) is 22.7. The number of thiazole rings is 1. The largest absolute Gasteiger partial charge is 0.360 e. The lowest BCUT2D eigenvalue weighted by molar-refractivity contribution is -0.138. The summed E-state index contributed by atoms with van der Waals surface area (Å²) >= 11 is 7.85. The monoisotopic (exact) mass is 580 g/mol. The summed E-state index contributed by atoms with van der Waals surface area (Å²) in [6, 6.07) is 21.8. The first-order valence-electron chi connectivity index (χ1n) is 13.4. The van der Waals surface area contributed by atoms with E-state index in [1.54, 1.807) is 24.5 Å².